The van der Waals surface area contributed by atoms with Crippen molar-refractivity contribution in [2.75, 3.05) is 6.26 Å². The number of hydrogen-bond acceptors (Lipinski definition) is 5. The SMILES string of the molecule is CS(=N)(=O)c1cc(-n2ncc(C(F)(F)F)c2C(N)=O)ccn1. The first-order valence-electron chi connectivity index (χ1n) is 5.67. The molecule has 1 unspecified atom stereocenters. The van der Waals surface area contributed by atoms with Crippen LogP contribution >= 0.6 is 0 Å². The van der Waals surface area contributed by atoms with Gasteiger partial charge in [-0.15, -0.1) is 0 Å². The average molecular weight is 333 g/mol. The number of pyridine rings is 1. The van der Waals surface area contributed by atoms with E-state index < -0.39 is 33.1 Å². The quantitative estimate of drug-likeness (QED) is 0.884. The molecule has 7 nitrogen and oxygen atoms in total. The molecule has 2 rings (SSSR count). The van der Waals surface area contributed by atoms with Crippen molar-refractivity contribution in [3.05, 3.63) is 35.8 Å². The molecule has 0 radical (unpaired) electrons. The molecule has 11 heteroatoms. The summed E-state index contributed by atoms with van der Waals surface area (Å²) in [5, 5.41) is 3.36. The second kappa shape index (κ2) is 5.09. The molecule has 0 aliphatic rings. The first-order valence-corrected chi connectivity index (χ1v) is 7.63. The lowest BCUT2D eigenvalue weighted by atomic mass is 10.2. The van der Waals surface area contributed by atoms with Crippen LogP contribution in [0.4, 0.5) is 13.2 Å². The lowest BCUT2D eigenvalue weighted by molar-refractivity contribution is -0.137. The fraction of sp³-hybridized carbons (Fsp3) is 0.182. The van der Waals surface area contributed by atoms with Crippen LogP contribution in [-0.4, -0.2) is 31.1 Å². The molecule has 0 aliphatic heterocycles. The van der Waals surface area contributed by atoms with Crippen LogP contribution in [0, 0.1) is 4.78 Å². The highest BCUT2D eigenvalue weighted by Gasteiger charge is 2.38. The minimum atomic E-state index is -4.80. The van der Waals surface area contributed by atoms with Gasteiger partial charge in [0.1, 0.15) is 16.3 Å². The molecule has 3 N–H and O–H groups in total. The number of aromatic nitrogens is 3. The van der Waals surface area contributed by atoms with Crippen LogP contribution < -0.4 is 5.73 Å². The maximum Gasteiger partial charge on any atom is 0.420 e. The average Bonchev–Trinajstić information content (AvgIpc) is 2.82. The van der Waals surface area contributed by atoms with E-state index in [1.54, 1.807) is 0 Å². The maximum absolute atomic E-state index is 12.9. The third-order valence-corrected chi connectivity index (χ3v) is 3.69. The molecular formula is C11H10F3N5O2S. The molecule has 2 aromatic rings. The van der Waals surface area contributed by atoms with Crippen molar-refractivity contribution in [3.8, 4) is 5.69 Å². The first kappa shape index (κ1) is 15.9. The Kier molecular flexibility index (Phi) is 3.69. The Hall–Kier alpha value is -2.43. The van der Waals surface area contributed by atoms with Gasteiger partial charge in [0.2, 0.25) is 0 Å². The standard InChI is InChI=1S/C11H10F3N5O2S/c1-22(16,21)8-4-6(2-3-17-8)19-9(10(15)20)7(5-18-19)11(12,13)14/h2-5,16H,1H3,(H2,15,20). The van der Waals surface area contributed by atoms with Crippen molar-refractivity contribution in [1.29, 1.82) is 4.78 Å². The first-order chi connectivity index (χ1) is 10.0. The van der Waals surface area contributed by atoms with E-state index in [1.807, 2.05) is 0 Å². The molecule has 0 saturated carbocycles. The molecule has 0 aromatic carbocycles. The van der Waals surface area contributed by atoms with E-state index in [1.165, 1.54) is 6.07 Å². The van der Waals surface area contributed by atoms with Crippen molar-refractivity contribution < 1.29 is 22.2 Å². The molecule has 0 fully saturated rings. The van der Waals surface area contributed by atoms with E-state index in [0.29, 0.717) is 10.9 Å². The zero-order valence-electron chi connectivity index (χ0n) is 11.1. The largest absolute Gasteiger partial charge is 0.420 e. The van der Waals surface area contributed by atoms with Gasteiger partial charge in [-0.25, -0.2) is 18.7 Å². The van der Waals surface area contributed by atoms with Crippen LogP contribution in [0.3, 0.4) is 0 Å². The van der Waals surface area contributed by atoms with E-state index >= 15 is 0 Å². The minimum absolute atomic E-state index is 0.00359. The van der Waals surface area contributed by atoms with E-state index in [0.717, 1.165) is 18.5 Å². The van der Waals surface area contributed by atoms with E-state index in [2.05, 4.69) is 10.1 Å². The Morgan fingerprint density at radius 3 is 2.59 bits per heavy atom. The lowest BCUT2D eigenvalue weighted by Crippen LogP contribution is -2.21. The maximum atomic E-state index is 12.9. The highest BCUT2D eigenvalue weighted by Crippen LogP contribution is 2.32. The summed E-state index contributed by atoms with van der Waals surface area (Å²) in [4.78, 5) is 15.1. The zero-order valence-corrected chi connectivity index (χ0v) is 11.9. The van der Waals surface area contributed by atoms with Crippen molar-refractivity contribution in [1.82, 2.24) is 14.8 Å². The fourth-order valence-corrected chi connectivity index (χ4v) is 2.34. The van der Waals surface area contributed by atoms with Gasteiger partial charge in [-0.05, 0) is 12.1 Å². The Balaban J connectivity index is 2.69. The Morgan fingerprint density at radius 1 is 1.45 bits per heavy atom. The molecule has 22 heavy (non-hydrogen) atoms. The zero-order chi connectivity index (χ0) is 16.7. The second-order valence-corrected chi connectivity index (χ2v) is 6.48. The molecule has 2 heterocycles. The summed E-state index contributed by atoms with van der Waals surface area (Å²) in [5.41, 5.74) is 2.88. The van der Waals surface area contributed by atoms with Gasteiger partial charge in [-0.1, -0.05) is 0 Å². The number of rotatable bonds is 3. The summed E-state index contributed by atoms with van der Waals surface area (Å²) in [7, 11) is -3.18. The summed E-state index contributed by atoms with van der Waals surface area (Å²) in [6.07, 6.45) is -2.06. The van der Waals surface area contributed by atoms with Gasteiger partial charge in [-0.2, -0.15) is 18.3 Å². The third-order valence-electron chi connectivity index (χ3n) is 2.67. The number of nitrogens with two attached hydrogens (primary N) is 1. The second-order valence-electron chi connectivity index (χ2n) is 4.38. The van der Waals surface area contributed by atoms with Gasteiger partial charge in [0.25, 0.3) is 5.91 Å². The Bertz CT molecular complexity index is 842. The predicted molar refractivity (Wildman–Crippen MR) is 69.9 cm³/mol. The number of halogens is 3. The van der Waals surface area contributed by atoms with Crippen LogP contribution in [0.25, 0.3) is 5.69 Å². The van der Waals surface area contributed by atoms with Crippen LogP contribution in [0.1, 0.15) is 16.1 Å². The molecular weight excluding hydrogens is 323 g/mol. The van der Waals surface area contributed by atoms with Crippen molar-refractivity contribution in [3.63, 3.8) is 0 Å². The normalized spacial score (nSPS) is 14.5. The highest BCUT2D eigenvalue weighted by atomic mass is 32.2. The molecule has 0 spiro atoms. The highest BCUT2D eigenvalue weighted by molar-refractivity contribution is 7.91. The van der Waals surface area contributed by atoms with Crippen LogP contribution in [-0.2, 0) is 15.9 Å². The fourth-order valence-electron chi connectivity index (χ4n) is 1.73. The molecule has 0 aliphatic carbocycles. The minimum Gasteiger partial charge on any atom is -0.364 e. The number of hydrogen-bond donors (Lipinski definition) is 2. The molecule has 2 aromatic heterocycles. The Morgan fingerprint density at radius 2 is 2.09 bits per heavy atom. The van der Waals surface area contributed by atoms with Crippen LogP contribution in [0.15, 0.2) is 29.6 Å². The van der Waals surface area contributed by atoms with E-state index in [-0.39, 0.29) is 10.7 Å². The van der Waals surface area contributed by atoms with Crippen molar-refractivity contribution >= 4 is 15.6 Å². The predicted octanol–water partition coefficient (Wildman–Crippen LogP) is 1.42. The summed E-state index contributed by atoms with van der Waals surface area (Å²) >= 11 is 0. The third kappa shape index (κ3) is 2.93. The molecule has 1 amide bonds. The van der Waals surface area contributed by atoms with Crippen molar-refractivity contribution in [2.24, 2.45) is 5.73 Å². The summed E-state index contributed by atoms with van der Waals surface area (Å²) < 4.78 is 58.3. The lowest BCUT2D eigenvalue weighted by Gasteiger charge is -2.09. The van der Waals surface area contributed by atoms with Gasteiger partial charge in [0.15, 0.2) is 0 Å². The van der Waals surface area contributed by atoms with Gasteiger partial charge >= 0.3 is 6.18 Å². The molecule has 1 atom stereocenters. The number of nitrogens with zero attached hydrogens (tertiary/aromatic N) is 3. The smallest absolute Gasteiger partial charge is 0.364 e. The van der Waals surface area contributed by atoms with Gasteiger partial charge in [0, 0.05) is 12.5 Å². The van der Waals surface area contributed by atoms with Gasteiger partial charge < -0.3 is 5.73 Å². The topological polar surface area (TPSA) is 115 Å². The number of primary amides is 1. The molecule has 0 saturated heterocycles. The van der Waals surface area contributed by atoms with Gasteiger partial charge in [0.05, 0.1) is 21.6 Å². The Labute approximate surface area is 122 Å². The monoisotopic (exact) mass is 333 g/mol. The van der Waals surface area contributed by atoms with E-state index in [9.17, 15) is 22.2 Å². The summed E-state index contributed by atoms with van der Waals surface area (Å²) in [5.74, 6) is -1.31. The number of carbonyl (C=O) groups excluding carboxylic acids is 1. The number of alkyl halides is 3. The number of amides is 1. The van der Waals surface area contributed by atoms with Gasteiger partial charge in [-0.3, -0.25) is 4.79 Å². The number of nitrogens with one attached hydrogen (secondary N) is 1. The van der Waals surface area contributed by atoms with Crippen LogP contribution in [0.2, 0.25) is 0 Å². The van der Waals surface area contributed by atoms with Crippen LogP contribution in [0.5, 0.6) is 0 Å². The molecule has 0 bridgehead atoms. The van der Waals surface area contributed by atoms with E-state index in [4.69, 9.17) is 10.5 Å². The molecule has 118 valence electrons. The summed E-state index contributed by atoms with van der Waals surface area (Å²) in [6, 6.07) is 2.38. The number of carbonyl (C=O) groups is 1. The summed E-state index contributed by atoms with van der Waals surface area (Å²) in [6.45, 7) is 0. The van der Waals surface area contributed by atoms with Crippen molar-refractivity contribution in [2.45, 2.75) is 11.2 Å².